The highest BCUT2D eigenvalue weighted by Crippen LogP contribution is 2.36. The maximum Gasteiger partial charge on any atom is 0.247 e. The predicted molar refractivity (Wildman–Crippen MR) is 105 cm³/mol. The van der Waals surface area contributed by atoms with Crippen LogP contribution in [0.5, 0.6) is 11.5 Å². The number of piperidine rings is 1. The molecule has 0 aromatic heterocycles. The number of ether oxygens (including phenoxy) is 4. The van der Waals surface area contributed by atoms with Crippen molar-refractivity contribution in [2.45, 2.75) is 58.0 Å². The van der Waals surface area contributed by atoms with Gasteiger partial charge in [0.2, 0.25) is 5.91 Å². The van der Waals surface area contributed by atoms with Crippen LogP contribution >= 0.6 is 0 Å². The average molecular weight is 387 g/mol. The van der Waals surface area contributed by atoms with Crippen LogP contribution in [0.25, 0.3) is 6.08 Å². The molecule has 0 saturated carbocycles. The van der Waals surface area contributed by atoms with Gasteiger partial charge >= 0.3 is 0 Å². The van der Waals surface area contributed by atoms with Crippen LogP contribution in [0.4, 0.5) is 0 Å². The van der Waals surface area contributed by atoms with Gasteiger partial charge in [-0.05, 0) is 51.3 Å². The number of carbonyl (C=O) groups excluding carboxylic acids is 1. The van der Waals surface area contributed by atoms with Crippen molar-refractivity contribution in [2.75, 3.05) is 26.4 Å². The van der Waals surface area contributed by atoms with E-state index in [0.29, 0.717) is 19.8 Å². The number of carbonyl (C=O) groups is 1. The Morgan fingerprint density at radius 1 is 1.29 bits per heavy atom. The Morgan fingerprint density at radius 2 is 2.11 bits per heavy atom. The number of nitrogens with zero attached hydrogens (tertiary/aromatic N) is 1. The Kier molecular flexibility index (Phi) is 5.87. The van der Waals surface area contributed by atoms with Crippen molar-refractivity contribution in [3.8, 4) is 11.5 Å². The molecule has 3 aliphatic heterocycles. The Morgan fingerprint density at radius 3 is 2.89 bits per heavy atom. The number of benzene rings is 1. The second-order valence-electron chi connectivity index (χ2n) is 7.60. The molecule has 2 fully saturated rings. The summed E-state index contributed by atoms with van der Waals surface area (Å²) in [5.74, 6) is 1.66. The van der Waals surface area contributed by atoms with Crippen LogP contribution < -0.4 is 9.47 Å². The maximum absolute atomic E-state index is 12.9. The third-order valence-corrected chi connectivity index (χ3v) is 5.53. The fourth-order valence-electron chi connectivity index (χ4n) is 4.24. The van der Waals surface area contributed by atoms with Crippen LogP contribution in [0.1, 0.15) is 44.2 Å². The molecular formula is C22H29NO5. The third kappa shape index (κ3) is 4.03. The molecule has 0 bridgehead atoms. The molecule has 6 heteroatoms. The maximum atomic E-state index is 12.9. The van der Waals surface area contributed by atoms with Crippen molar-refractivity contribution < 1.29 is 23.7 Å². The van der Waals surface area contributed by atoms with Crippen molar-refractivity contribution in [1.29, 1.82) is 0 Å². The first kappa shape index (κ1) is 19.3. The molecule has 28 heavy (non-hydrogen) atoms. The number of fused-ring (bicyclic) bond motifs is 1. The highest BCUT2D eigenvalue weighted by Gasteiger charge is 2.35. The highest BCUT2D eigenvalue weighted by atomic mass is 16.7. The molecule has 1 amide bonds. The molecule has 0 aliphatic carbocycles. The fraction of sp³-hybridized carbons (Fsp3) is 0.591. The van der Waals surface area contributed by atoms with E-state index < -0.39 is 0 Å². The van der Waals surface area contributed by atoms with E-state index in [1.54, 1.807) is 6.08 Å². The number of amides is 1. The molecule has 1 aromatic rings. The molecule has 6 nitrogen and oxygen atoms in total. The molecule has 0 radical (unpaired) electrons. The van der Waals surface area contributed by atoms with Crippen molar-refractivity contribution in [1.82, 2.24) is 4.90 Å². The zero-order chi connectivity index (χ0) is 19.5. The molecule has 2 unspecified atom stereocenters. The van der Waals surface area contributed by atoms with Crippen LogP contribution in [0.3, 0.4) is 0 Å². The lowest BCUT2D eigenvalue weighted by atomic mass is 10.0. The van der Waals surface area contributed by atoms with Gasteiger partial charge in [-0.25, -0.2) is 0 Å². The lowest BCUT2D eigenvalue weighted by molar-refractivity contribution is -0.145. The van der Waals surface area contributed by atoms with E-state index in [0.717, 1.165) is 54.9 Å². The minimum Gasteiger partial charge on any atom is -0.493 e. The topological polar surface area (TPSA) is 57.2 Å². The van der Waals surface area contributed by atoms with Crippen molar-refractivity contribution >= 4 is 12.0 Å². The van der Waals surface area contributed by atoms with Crippen molar-refractivity contribution in [3.05, 3.63) is 29.3 Å². The highest BCUT2D eigenvalue weighted by molar-refractivity contribution is 5.92. The Bertz CT molecular complexity index is 741. The summed E-state index contributed by atoms with van der Waals surface area (Å²) in [6.07, 6.45) is 7.25. The van der Waals surface area contributed by atoms with Gasteiger partial charge < -0.3 is 23.8 Å². The first-order valence-electron chi connectivity index (χ1n) is 10.3. The molecule has 2 atom stereocenters. The van der Waals surface area contributed by atoms with Gasteiger partial charge in [-0.2, -0.15) is 0 Å². The lowest BCUT2D eigenvalue weighted by Gasteiger charge is -2.37. The molecule has 2 saturated heterocycles. The van der Waals surface area contributed by atoms with Gasteiger partial charge in [-0.1, -0.05) is 0 Å². The zero-order valence-corrected chi connectivity index (χ0v) is 16.7. The number of rotatable bonds is 5. The third-order valence-electron chi connectivity index (χ3n) is 5.53. The van der Waals surface area contributed by atoms with Crippen molar-refractivity contribution in [2.24, 2.45) is 0 Å². The van der Waals surface area contributed by atoms with Gasteiger partial charge in [0.25, 0.3) is 0 Å². The molecule has 3 heterocycles. The molecule has 3 aliphatic rings. The summed E-state index contributed by atoms with van der Waals surface area (Å²) >= 11 is 0. The Labute approximate surface area is 166 Å². The van der Waals surface area contributed by atoms with Crippen LogP contribution in [-0.2, 0) is 20.7 Å². The standard InChI is InChI=1S/C22H29NO5/c1-3-25-19-14-17-12-15(2)28-20(17)13-16(19)7-8-21(24)23-9-5-4-6-18(23)22-26-10-11-27-22/h7-8,13-15,18,22H,3-6,9-12H2,1-2H3/b8-7+. The van der Waals surface area contributed by atoms with Crippen LogP contribution in [0.2, 0.25) is 0 Å². The summed E-state index contributed by atoms with van der Waals surface area (Å²) in [7, 11) is 0. The number of likely N-dealkylation sites (tertiary alicyclic amines) is 1. The number of hydrogen-bond donors (Lipinski definition) is 0. The smallest absolute Gasteiger partial charge is 0.247 e. The fourth-order valence-corrected chi connectivity index (χ4v) is 4.24. The molecule has 4 rings (SSSR count). The summed E-state index contributed by atoms with van der Waals surface area (Å²) in [5.41, 5.74) is 2.02. The van der Waals surface area contributed by atoms with Crippen LogP contribution in [0, 0.1) is 0 Å². The SMILES string of the molecule is CCOc1cc2c(cc1/C=C/C(=O)N1CCCCC1C1OCCO1)OC(C)C2. The second-order valence-corrected chi connectivity index (χ2v) is 7.60. The van der Waals surface area contributed by atoms with E-state index in [1.165, 1.54) is 0 Å². The van der Waals surface area contributed by atoms with E-state index in [9.17, 15) is 4.79 Å². The largest absolute Gasteiger partial charge is 0.493 e. The summed E-state index contributed by atoms with van der Waals surface area (Å²) < 4.78 is 23.0. The lowest BCUT2D eigenvalue weighted by Crippen LogP contribution is -2.49. The van der Waals surface area contributed by atoms with E-state index >= 15 is 0 Å². The molecule has 0 spiro atoms. The molecule has 1 aromatic carbocycles. The van der Waals surface area contributed by atoms with E-state index in [1.807, 2.05) is 30.0 Å². The van der Waals surface area contributed by atoms with Gasteiger partial charge in [0.15, 0.2) is 6.29 Å². The second kappa shape index (κ2) is 8.53. The molecular weight excluding hydrogens is 358 g/mol. The first-order valence-corrected chi connectivity index (χ1v) is 10.3. The first-order chi connectivity index (χ1) is 13.7. The molecule has 0 N–H and O–H groups in total. The van der Waals surface area contributed by atoms with Gasteiger partial charge in [-0.15, -0.1) is 0 Å². The van der Waals surface area contributed by atoms with Gasteiger partial charge in [-0.3, -0.25) is 4.79 Å². The summed E-state index contributed by atoms with van der Waals surface area (Å²) in [6, 6.07) is 4.00. The van der Waals surface area contributed by atoms with Crippen LogP contribution in [-0.4, -0.2) is 55.6 Å². The summed E-state index contributed by atoms with van der Waals surface area (Å²) in [5, 5.41) is 0. The minimum absolute atomic E-state index is 0.0102. The van der Waals surface area contributed by atoms with Crippen LogP contribution in [0.15, 0.2) is 18.2 Å². The molecule has 152 valence electrons. The van der Waals surface area contributed by atoms with E-state index in [4.69, 9.17) is 18.9 Å². The summed E-state index contributed by atoms with van der Waals surface area (Å²) in [6.45, 7) is 6.54. The van der Waals surface area contributed by atoms with Gasteiger partial charge in [0.1, 0.15) is 17.6 Å². The Hall–Kier alpha value is -2.05. The van der Waals surface area contributed by atoms with Gasteiger partial charge in [0, 0.05) is 30.2 Å². The normalized spacial score (nSPS) is 25.1. The van der Waals surface area contributed by atoms with E-state index in [2.05, 4.69) is 6.92 Å². The minimum atomic E-state index is -0.300. The number of hydrogen-bond acceptors (Lipinski definition) is 5. The average Bonchev–Trinajstić information content (AvgIpc) is 3.35. The van der Waals surface area contributed by atoms with Crippen molar-refractivity contribution in [3.63, 3.8) is 0 Å². The van der Waals surface area contributed by atoms with E-state index in [-0.39, 0.29) is 24.3 Å². The Balaban J connectivity index is 1.52. The summed E-state index contributed by atoms with van der Waals surface area (Å²) in [4.78, 5) is 14.8. The quantitative estimate of drug-likeness (QED) is 0.727. The predicted octanol–water partition coefficient (Wildman–Crippen LogP) is 3.18. The monoisotopic (exact) mass is 387 g/mol. The zero-order valence-electron chi connectivity index (χ0n) is 16.7. The van der Waals surface area contributed by atoms with Gasteiger partial charge in [0.05, 0.1) is 25.9 Å².